The third kappa shape index (κ3) is 51.0. The van der Waals surface area contributed by atoms with Crippen molar-refractivity contribution in [2.75, 3.05) is 19.8 Å². The van der Waals surface area contributed by atoms with E-state index in [4.69, 9.17) is 14.2 Å². The summed E-state index contributed by atoms with van der Waals surface area (Å²) >= 11 is 0. The molecule has 0 fully saturated rings. The average Bonchev–Trinajstić information content (AvgIpc) is 3.27. The summed E-state index contributed by atoms with van der Waals surface area (Å²) in [7, 11) is 0. The van der Waals surface area contributed by atoms with Crippen LogP contribution in [0, 0.1) is 0 Å². The zero-order chi connectivity index (χ0) is 44.9. The Kier molecular flexibility index (Phi) is 52.3. The van der Waals surface area contributed by atoms with E-state index in [-0.39, 0.29) is 18.5 Å². The van der Waals surface area contributed by atoms with E-state index in [9.17, 15) is 9.59 Å². The molecular formula is C57H108O5. The fourth-order valence-corrected chi connectivity index (χ4v) is 8.31. The summed E-state index contributed by atoms with van der Waals surface area (Å²) in [5.41, 5.74) is 0. The van der Waals surface area contributed by atoms with E-state index in [1.165, 1.54) is 231 Å². The summed E-state index contributed by atoms with van der Waals surface area (Å²) in [4.78, 5) is 25.5. The first-order valence-electron chi connectivity index (χ1n) is 27.9. The molecule has 0 bridgehead atoms. The van der Waals surface area contributed by atoms with Crippen molar-refractivity contribution in [3.63, 3.8) is 0 Å². The number of allylic oxidation sites excluding steroid dienone is 4. The summed E-state index contributed by atoms with van der Waals surface area (Å²) in [6.45, 7) is 7.86. The van der Waals surface area contributed by atoms with Crippen LogP contribution in [0.3, 0.4) is 0 Å². The number of unbranched alkanes of at least 4 members (excludes halogenated alkanes) is 37. The smallest absolute Gasteiger partial charge is 0.306 e. The first-order chi connectivity index (χ1) is 30.6. The molecule has 0 aliphatic carbocycles. The fourth-order valence-electron chi connectivity index (χ4n) is 8.31. The highest BCUT2D eigenvalue weighted by Gasteiger charge is 2.17. The zero-order valence-corrected chi connectivity index (χ0v) is 42.2. The second kappa shape index (κ2) is 53.7. The van der Waals surface area contributed by atoms with Crippen molar-refractivity contribution in [2.24, 2.45) is 0 Å². The van der Waals surface area contributed by atoms with Gasteiger partial charge in [-0.05, 0) is 51.4 Å². The molecule has 0 radical (unpaired) electrons. The minimum atomic E-state index is -0.531. The van der Waals surface area contributed by atoms with Crippen LogP contribution in [-0.2, 0) is 23.8 Å². The molecule has 0 amide bonds. The molecule has 0 aliphatic rings. The van der Waals surface area contributed by atoms with Crippen LogP contribution in [0.1, 0.15) is 303 Å². The Morgan fingerprint density at radius 2 is 0.677 bits per heavy atom. The molecule has 0 heterocycles. The highest BCUT2D eigenvalue weighted by Crippen LogP contribution is 2.16. The third-order valence-corrected chi connectivity index (χ3v) is 12.5. The molecule has 1 atom stereocenters. The second-order valence-corrected chi connectivity index (χ2v) is 18.9. The van der Waals surface area contributed by atoms with Gasteiger partial charge in [-0.2, -0.15) is 0 Å². The molecule has 0 saturated carbocycles. The maximum Gasteiger partial charge on any atom is 0.306 e. The van der Waals surface area contributed by atoms with E-state index >= 15 is 0 Å². The Morgan fingerprint density at radius 1 is 0.355 bits per heavy atom. The van der Waals surface area contributed by atoms with Crippen LogP contribution < -0.4 is 0 Å². The van der Waals surface area contributed by atoms with E-state index in [1.807, 2.05) is 0 Å². The molecule has 0 aromatic heterocycles. The second-order valence-electron chi connectivity index (χ2n) is 18.9. The first kappa shape index (κ1) is 60.4. The number of carbonyl (C=O) groups is 2. The first-order valence-corrected chi connectivity index (χ1v) is 27.9. The molecule has 5 nitrogen and oxygen atoms in total. The monoisotopic (exact) mass is 873 g/mol. The highest BCUT2D eigenvalue weighted by molar-refractivity contribution is 5.70. The summed E-state index contributed by atoms with van der Waals surface area (Å²) in [5, 5.41) is 0. The maximum atomic E-state index is 12.8. The minimum Gasteiger partial charge on any atom is -0.462 e. The summed E-state index contributed by atoms with van der Waals surface area (Å²) in [6.07, 6.45) is 63.3. The van der Waals surface area contributed by atoms with Crippen molar-refractivity contribution >= 4 is 11.9 Å². The number of rotatable bonds is 52. The van der Waals surface area contributed by atoms with Gasteiger partial charge in [0.1, 0.15) is 6.61 Å². The van der Waals surface area contributed by atoms with Gasteiger partial charge in [0.05, 0.1) is 6.61 Å². The normalized spacial score (nSPS) is 12.2. The van der Waals surface area contributed by atoms with Crippen molar-refractivity contribution in [1.29, 1.82) is 0 Å². The van der Waals surface area contributed by atoms with Crippen LogP contribution in [0.15, 0.2) is 24.3 Å². The van der Waals surface area contributed by atoms with Crippen LogP contribution >= 0.6 is 0 Å². The number of ether oxygens (including phenoxy) is 3. The fraction of sp³-hybridized carbons (Fsp3) is 0.895. The lowest BCUT2D eigenvalue weighted by Crippen LogP contribution is -2.30. The number of carbonyl (C=O) groups excluding carboxylic acids is 2. The van der Waals surface area contributed by atoms with Crippen molar-refractivity contribution in [2.45, 2.75) is 309 Å². The van der Waals surface area contributed by atoms with E-state index in [0.717, 1.165) is 38.5 Å². The molecule has 0 rings (SSSR count). The topological polar surface area (TPSA) is 61.8 Å². The lowest BCUT2D eigenvalue weighted by atomic mass is 10.0. The van der Waals surface area contributed by atoms with Crippen molar-refractivity contribution in [1.82, 2.24) is 0 Å². The Balaban J connectivity index is 4.22. The van der Waals surface area contributed by atoms with E-state index < -0.39 is 6.10 Å². The quantitative estimate of drug-likeness (QED) is 0.0346. The summed E-state index contributed by atoms with van der Waals surface area (Å²) < 4.78 is 17.5. The molecule has 366 valence electrons. The van der Waals surface area contributed by atoms with E-state index in [1.54, 1.807) is 0 Å². The zero-order valence-electron chi connectivity index (χ0n) is 42.2. The van der Waals surface area contributed by atoms with Crippen LogP contribution in [-0.4, -0.2) is 37.9 Å². The van der Waals surface area contributed by atoms with Gasteiger partial charge in [-0.25, -0.2) is 0 Å². The average molecular weight is 873 g/mol. The molecular weight excluding hydrogens is 765 g/mol. The van der Waals surface area contributed by atoms with Gasteiger partial charge in [0, 0.05) is 19.4 Å². The Hall–Kier alpha value is -1.62. The minimum absolute atomic E-state index is 0.0891. The molecule has 0 saturated heterocycles. The predicted octanol–water partition coefficient (Wildman–Crippen LogP) is 18.8. The van der Waals surface area contributed by atoms with Crippen LogP contribution in [0.4, 0.5) is 0 Å². The highest BCUT2D eigenvalue weighted by atomic mass is 16.6. The van der Waals surface area contributed by atoms with Crippen molar-refractivity contribution in [3.8, 4) is 0 Å². The summed E-state index contributed by atoms with van der Waals surface area (Å²) in [6, 6.07) is 0. The number of hydrogen-bond donors (Lipinski definition) is 0. The molecule has 0 spiro atoms. The number of esters is 2. The van der Waals surface area contributed by atoms with Gasteiger partial charge in [-0.15, -0.1) is 0 Å². The standard InChI is InChI=1S/C57H108O5/c1-4-7-10-13-16-19-22-25-28-29-31-32-35-38-41-44-47-50-56(58)61-54-55(53-60-52-49-46-43-40-37-34-27-24-21-18-15-12-9-6-3)62-57(59)51-48-45-42-39-36-33-30-26-23-20-17-14-11-8-5-2/h16,19,25,28,55H,4-15,17-18,20-24,26-27,29-54H2,1-3H3/b19-16-,28-25-. The molecule has 0 aromatic carbocycles. The van der Waals surface area contributed by atoms with Gasteiger partial charge >= 0.3 is 11.9 Å². The van der Waals surface area contributed by atoms with Gasteiger partial charge < -0.3 is 14.2 Å². The molecule has 0 aromatic rings. The molecule has 0 N–H and O–H groups in total. The summed E-state index contributed by atoms with van der Waals surface area (Å²) in [5.74, 6) is -0.384. The van der Waals surface area contributed by atoms with Gasteiger partial charge in [-0.3, -0.25) is 9.59 Å². The number of hydrogen-bond acceptors (Lipinski definition) is 5. The van der Waals surface area contributed by atoms with Gasteiger partial charge in [0.15, 0.2) is 6.10 Å². The van der Waals surface area contributed by atoms with Crippen LogP contribution in [0.5, 0.6) is 0 Å². The third-order valence-electron chi connectivity index (χ3n) is 12.5. The van der Waals surface area contributed by atoms with E-state index in [0.29, 0.717) is 26.1 Å². The van der Waals surface area contributed by atoms with Crippen LogP contribution in [0.25, 0.3) is 0 Å². The van der Waals surface area contributed by atoms with E-state index in [2.05, 4.69) is 45.1 Å². The van der Waals surface area contributed by atoms with Gasteiger partial charge in [0.25, 0.3) is 0 Å². The van der Waals surface area contributed by atoms with Gasteiger partial charge in [0.2, 0.25) is 0 Å². The Labute approximate surface area is 387 Å². The Bertz CT molecular complexity index is 943. The maximum absolute atomic E-state index is 12.8. The predicted molar refractivity (Wildman–Crippen MR) is 270 cm³/mol. The van der Waals surface area contributed by atoms with Gasteiger partial charge in [-0.1, -0.05) is 263 Å². The lowest BCUT2D eigenvalue weighted by Gasteiger charge is -2.18. The molecule has 1 unspecified atom stereocenters. The largest absolute Gasteiger partial charge is 0.462 e. The molecule has 5 heteroatoms. The molecule has 62 heavy (non-hydrogen) atoms. The lowest BCUT2D eigenvalue weighted by molar-refractivity contribution is -0.163. The SMILES string of the molecule is CCCCC/C=C\C/C=C\CCCCCCCCCC(=O)OCC(COCCCCCCCCCCCCCCCC)OC(=O)CCCCCCCCCCCCCCCCC. The van der Waals surface area contributed by atoms with Crippen LogP contribution in [0.2, 0.25) is 0 Å². The molecule has 0 aliphatic heterocycles. The van der Waals surface area contributed by atoms with Crippen molar-refractivity contribution in [3.05, 3.63) is 24.3 Å². The van der Waals surface area contributed by atoms with Crippen molar-refractivity contribution < 1.29 is 23.8 Å². The Morgan fingerprint density at radius 3 is 1.10 bits per heavy atom.